The van der Waals surface area contributed by atoms with E-state index < -0.39 is 0 Å². The van der Waals surface area contributed by atoms with Gasteiger partial charge in [-0.25, -0.2) is 0 Å². The van der Waals surface area contributed by atoms with Crippen LogP contribution in [0.15, 0.2) is 4.52 Å². The molecule has 0 radical (unpaired) electrons. The smallest absolute Gasteiger partial charge is 0.226 e. The summed E-state index contributed by atoms with van der Waals surface area (Å²) in [7, 11) is 0. The van der Waals surface area contributed by atoms with Crippen molar-refractivity contribution in [2.24, 2.45) is 5.73 Å². The van der Waals surface area contributed by atoms with E-state index in [0.717, 1.165) is 49.0 Å². The number of hydrogen-bond acceptors (Lipinski definition) is 5. The van der Waals surface area contributed by atoms with Gasteiger partial charge in [-0.05, 0) is 31.6 Å². The van der Waals surface area contributed by atoms with Crippen LogP contribution in [-0.2, 0) is 12.2 Å². The van der Waals surface area contributed by atoms with Gasteiger partial charge in [-0.2, -0.15) is 16.7 Å². The third-order valence-corrected chi connectivity index (χ3v) is 3.09. The highest BCUT2D eigenvalue weighted by molar-refractivity contribution is 7.98. The molecule has 5 heteroatoms. The molecule has 0 aliphatic rings. The van der Waals surface area contributed by atoms with E-state index in [1.807, 2.05) is 11.8 Å². The van der Waals surface area contributed by atoms with Crippen molar-refractivity contribution in [3.05, 3.63) is 11.7 Å². The molecule has 0 unspecified atom stereocenters. The summed E-state index contributed by atoms with van der Waals surface area (Å²) < 4.78 is 5.13. The lowest BCUT2D eigenvalue weighted by atomic mass is 10.2. The van der Waals surface area contributed by atoms with Crippen LogP contribution in [0.3, 0.4) is 0 Å². The Morgan fingerprint density at radius 3 is 3.00 bits per heavy atom. The Kier molecular flexibility index (Phi) is 6.43. The minimum Gasteiger partial charge on any atom is -0.339 e. The maximum Gasteiger partial charge on any atom is 0.226 e. The lowest BCUT2D eigenvalue weighted by Crippen LogP contribution is -1.99. The standard InChI is InChI=1S/C10H19N3OS/c1-2-7-15-8-9-12-10(14-13-9)5-3-4-6-11/h2-8,11H2,1H3. The van der Waals surface area contributed by atoms with E-state index >= 15 is 0 Å². The first-order valence-electron chi connectivity index (χ1n) is 5.46. The molecule has 1 heterocycles. The van der Waals surface area contributed by atoms with Crippen molar-refractivity contribution < 1.29 is 4.52 Å². The largest absolute Gasteiger partial charge is 0.339 e. The average Bonchev–Trinajstić information content (AvgIpc) is 2.67. The van der Waals surface area contributed by atoms with Crippen molar-refractivity contribution in [3.8, 4) is 0 Å². The number of hydrogen-bond donors (Lipinski definition) is 1. The van der Waals surface area contributed by atoms with Gasteiger partial charge in [-0.15, -0.1) is 0 Å². The average molecular weight is 229 g/mol. The van der Waals surface area contributed by atoms with E-state index in [2.05, 4.69) is 17.1 Å². The van der Waals surface area contributed by atoms with Crippen molar-refractivity contribution >= 4 is 11.8 Å². The zero-order chi connectivity index (χ0) is 10.9. The summed E-state index contributed by atoms with van der Waals surface area (Å²) in [5, 5.41) is 3.93. The van der Waals surface area contributed by atoms with E-state index in [4.69, 9.17) is 10.3 Å². The molecule has 0 aromatic carbocycles. The van der Waals surface area contributed by atoms with Crippen molar-refractivity contribution in [1.82, 2.24) is 10.1 Å². The van der Waals surface area contributed by atoms with Crippen LogP contribution >= 0.6 is 11.8 Å². The summed E-state index contributed by atoms with van der Waals surface area (Å²) in [5.41, 5.74) is 5.41. The topological polar surface area (TPSA) is 64.9 Å². The van der Waals surface area contributed by atoms with E-state index in [1.165, 1.54) is 6.42 Å². The fourth-order valence-corrected chi connectivity index (χ4v) is 1.91. The normalized spacial score (nSPS) is 10.8. The van der Waals surface area contributed by atoms with Crippen LogP contribution in [0.2, 0.25) is 0 Å². The maximum absolute atomic E-state index is 5.41. The molecule has 0 atom stereocenters. The van der Waals surface area contributed by atoms with Crippen molar-refractivity contribution in [2.75, 3.05) is 12.3 Å². The van der Waals surface area contributed by atoms with Crippen LogP contribution in [0, 0.1) is 0 Å². The van der Waals surface area contributed by atoms with Crippen LogP contribution < -0.4 is 5.73 Å². The summed E-state index contributed by atoms with van der Waals surface area (Å²) in [6.07, 6.45) is 4.08. The van der Waals surface area contributed by atoms with Crippen LogP contribution in [0.5, 0.6) is 0 Å². The number of aryl methyl sites for hydroxylation is 1. The second-order valence-electron chi connectivity index (χ2n) is 3.40. The number of nitrogens with two attached hydrogens (primary N) is 1. The molecule has 86 valence electrons. The van der Waals surface area contributed by atoms with Crippen molar-refractivity contribution in [2.45, 2.75) is 38.4 Å². The quantitative estimate of drug-likeness (QED) is 0.691. The van der Waals surface area contributed by atoms with Gasteiger partial charge in [0.2, 0.25) is 5.89 Å². The predicted octanol–water partition coefficient (Wildman–Crippen LogP) is 1.99. The monoisotopic (exact) mass is 229 g/mol. The minimum atomic E-state index is 0.730. The third-order valence-electron chi connectivity index (χ3n) is 1.93. The van der Waals surface area contributed by atoms with Gasteiger partial charge in [0.25, 0.3) is 0 Å². The molecular formula is C10H19N3OS. The van der Waals surface area contributed by atoms with Gasteiger partial charge in [0.1, 0.15) is 0 Å². The zero-order valence-electron chi connectivity index (χ0n) is 9.24. The molecule has 1 rings (SSSR count). The van der Waals surface area contributed by atoms with Gasteiger partial charge in [0.05, 0.1) is 5.75 Å². The van der Waals surface area contributed by atoms with Gasteiger partial charge in [0.15, 0.2) is 5.82 Å². The number of rotatable bonds is 8. The second kappa shape index (κ2) is 7.70. The Morgan fingerprint density at radius 1 is 1.40 bits per heavy atom. The lowest BCUT2D eigenvalue weighted by Gasteiger charge is -1.92. The molecular weight excluding hydrogens is 210 g/mol. The van der Waals surface area contributed by atoms with Gasteiger partial charge in [-0.3, -0.25) is 0 Å². The van der Waals surface area contributed by atoms with Gasteiger partial charge in [0, 0.05) is 6.42 Å². The summed E-state index contributed by atoms with van der Waals surface area (Å²) in [6.45, 7) is 2.90. The summed E-state index contributed by atoms with van der Waals surface area (Å²) in [5.74, 6) is 3.57. The lowest BCUT2D eigenvalue weighted by molar-refractivity contribution is 0.371. The van der Waals surface area contributed by atoms with E-state index in [-0.39, 0.29) is 0 Å². The molecule has 0 bridgehead atoms. The molecule has 1 aromatic rings. The van der Waals surface area contributed by atoms with Crippen LogP contribution in [0.1, 0.15) is 37.9 Å². The van der Waals surface area contributed by atoms with Crippen molar-refractivity contribution in [3.63, 3.8) is 0 Å². The fourth-order valence-electron chi connectivity index (χ4n) is 1.18. The fraction of sp³-hybridized carbons (Fsp3) is 0.800. The van der Waals surface area contributed by atoms with E-state index in [9.17, 15) is 0 Å². The van der Waals surface area contributed by atoms with Gasteiger partial charge in [-0.1, -0.05) is 12.1 Å². The van der Waals surface area contributed by atoms with Crippen LogP contribution in [0.25, 0.3) is 0 Å². The molecule has 4 nitrogen and oxygen atoms in total. The number of aromatic nitrogens is 2. The van der Waals surface area contributed by atoms with Gasteiger partial charge < -0.3 is 10.3 Å². The molecule has 2 N–H and O–H groups in total. The molecule has 1 aromatic heterocycles. The Morgan fingerprint density at radius 2 is 2.27 bits per heavy atom. The molecule has 0 saturated heterocycles. The van der Waals surface area contributed by atoms with Crippen molar-refractivity contribution in [1.29, 1.82) is 0 Å². The molecule has 0 spiro atoms. The number of thioether (sulfide) groups is 1. The Bertz CT molecular complexity index is 240. The highest BCUT2D eigenvalue weighted by atomic mass is 32.2. The van der Waals surface area contributed by atoms with E-state index in [1.54, 1.807) is 0 Å². The first kappa shape index (κ1) is 12.5. The summed E-state index contributed by atoms with van der Waals surface area (Å²) in [6, 6.07) is 0. The Hall–Kier alpha value is -0.550. The SMILES string of the molecule is CCCSCc1noc(CCCCN)n1. The molecule has 0 saturated carbocycles. The number of unbranched alkanes of at least 4 members (excludes halogenated alkanes) is 1. The minimum absolute atomic E-state index is 0.730. The maximum atomic E-state index is 5.41. The van der Waals surface area contributed by atoms with Crippen LogP contribution in [0.4, 0.5) is 0 Å². The highest BCUT2D eigenvalue weighted by Gasteiger charge is 2.05. The second-order valence-corrected chi connectivity index (χ2v) is 4.51. The van der Waals surface area contributed by atoms with Crippen LogP contribution in [-0.4, -0.2) is 22.4 Å². The molecule has 15 heavy (non-hydrogen) atoms. The third kappa shape index (κ3) is 5.18. The van der Waals surface area contributed by atoms with Gasteiger partial charge >= 0.3 is 0 Å². The summed E-state index contributed by atoms with van der Waals surface area (Å²) in [4.78, 5) is 4.31. The predicted molar refractivity (Wildman–Crippen MR) is 62.7 cm³/mol. The Labute approximate surface area is 95.0 Å². The molecule has 0 aliphatic heterocycles. The number of nitrogens with zero attached hydrogens (tertiary/aromatic N) is 2. The molecule has 0 amide bonds. The highest BCUT2D eigenvalue weighted by Crippen LogP contribution is 2.11. The molecule has 0 fully saturated rings. The summed E-state index contributed by atoms with van der Waals surface area (Å²) >= 11 is 1.84. The Balaban J connectivity index is 2.23. The first-order chi connectivity index (χ1) is 7.36. The first-order valence-corrected chi connectivity index (χ1v) is 6.61. The molecule has 0 aliphatic carbocycles. The zero-order valence-corrected chi connectivity index (χ0v) is 10.1. The van der Waals surface area contributed by atoms with E-state index in [0.29, 0.717) is 0 Å².